The summed E-state index contributed by atoms with van der Waals surface area (Å²) in [6.45, 7) is 3.72. The third-order valence-corrected chi connectivity index (χ3v) is 4.38. The summed E-state index contributed by atoms with van der Waals surface area (Å²) < 4.78 is 46.4. The van der Waals surface area contributed by atoms with E-state index in [0.29, 0.717) is 0 Å². The molecule has 0 aliphatic carbocycles. The minimum absolute atomic E-state index is 0.00841. The largest absolute Gasteiger partial charge is 0.465 e. The van der Waals surface area contributed by atoms with Crippen LogP contribution in [0.5, 0.6) is 0 Å². The van der Waals surface area contributed by atoms with Crippen LogP contribution in [0.2, 0.25) is 0 Å². The minimum Gasteiger partial charge on any atom is -0.465 e. The van der Waals surface area contributed by atoms with Gasteiger partial charge >= 0.3 is 12.1 Å². The third kappa shape index (κ3) is 3.16. The van der Waals surface area contributed by atoms with E-state index in [-0.39, 0.29) is 23.1 Å². The summed E-state index contributed by atoms with van der Waals surface area (Å²) in [5.74, 6) is -1.60. The first-order chi connectivity index (χ1) is 12.2. The molecule has 0 unspecified atom stereocenters. The molecule has 0 N–H and O–H groups in total. The number of methoxy groups -OCH3 is 1. The van der Waals surface area contributed by atoms with Crippen LogP contribution < -0.4 is 0 Å². The number of carbonyl (C=O) groups is 1. The quantitative estimate of drug-likeness (QED) is 0.644. The Hall–Kier alpha value is -2.83. The van der Waals surface area contributed by atoms with E-state index in [1.807, 2.05) is 32.0 Å². The molecule has 2 aromatic carbocycles. The molecule has 0 atom stereocenters. The molecule has 0 bridgehead atoms. The topological polar surface area (TPSA) is 44.1 Å². The molecule has 26 heavy (non-hydrogen) atoms. The first-order valence-electron chi connectivity index (χ1n) is 7.93. The fourth-order valence-electron chi connectivity index (χ4n) is 3.00. The van der Waals surface area contributed by atoms with Gasteiger partial charge in [-0.2, -0.15) is 13.2 Å². The van der Waals surface area contributed by atoms with E-state index in [1.165, 1.54) is 25.3 Å². The number of benzene rings is 2. The Bertz CT molecular complexity index is 970. The molecule has 0 saturated heterocycles. The van der Waals surface area contributed by atoms with E-state index in [2.05, 4.69) is 9.72 Å². The van der Waals surface area contributed by atoms with Gasteiger partial charge in [-0.3, -0.25) is 0 Å². The maximum Gasteiger partial charge on any atom is 0.449 e. The van der Waals surface area contributed by atoms with Gasteiger partial charge in [-0.25, -0.2) is 9.78 Å². The molecule has 136 valence electrons. The fourth-order valence-corrected chi connectivity index (χ4v) is 3.00. The second kappa shape index (κ2) is 6.48. The maximum atomic E-state index is 13.5. The molecule has 3 aromatic rings. The van der Waals surface area contributed by atoms with Crippen molar-refractivity contribution in [2.45, 2.75) is 26.6 Å². The number of nitrogens with zero attached hydrogens (tertiary/aromatic N) is 2. The van der Waals surface area contributed by atoms with Crippen LogP contribution in [0.3, 0.4) is 0 Å². The van der Waals surface area contributed by atoms with Crippen molar-refractivity contribution < 1.29 is 22.7 Å². The molecule has 0 spiro atoms. The molecule has 0 saturated carbocycles. The first-order valence-corrected chi connectivity index (χ1v) is 7.93. The van der Waals surface area contributed by atoms with Crippen molar-refractivity contribution in [3.63, 3.8) is 0 Å². The molecule has 1 aromatic heterocycles. The van der Waals surface area contributed by atoms with E-state index in [9.17, 15) is 18.0 Å². The maximum absolute atomic E-state index is 13.5. The van der Waals surface area contributed by atoms with Crippen LogP contribution in [0.1, 0.15) is 32.9 Å². The van der Waals surface area contributed by atoms with Crippen LogP contribution in [0.15, 0.2) is 36.4 Å². The number of aryl methyl sites for hydroxylation is 2. The number of fused-ring (bicyclic) bond motifs is 1. The van der Waals surface area contributed by atoms with Gasteiger partial charge in [-0.15, -0.1) is 0 Å². The van der Waals surface area contributed by atoms with E-state index in [0.717, 1.165) is 21.3 Å². The molecular formula is C19H17F3N2O2. The van der Waals surface area contributed by atoms with Gasteiger partial charge in [0.15, 0.2) is 0 Å². The van der Waals surface area contributed by atoms with Gasteiger partial charge in [0, 0.05) is 0 Å². The van der Waals surface area contributed by atoms with Gasteiger partial charge in [0.25, 0.3) is 0 Å². The molecule has 1 heterocycles. The van der Waals surface area contributed by atoms with Gasteiger partial charge in [-0.1, -0.05) is 18.2 Å². The highest BCUT2D eigenvalue weighted by molar-refractivity contribution is 5.93. The molecule has 4 nitrogen and oxygen atoms in total. The Morgan fingerprint density at radius 2 is 1.81 bits per heavy atom. The highest BCUT2D eigenvalue weighted by Crippen LogP contribution is 2.33. The Kier molecular flexibility index (Phi) is 4.48. The minimum atomic E-state index is -4.61. The SMILES string of the molecule is COC(=O)c1ccc2nc(C(F)(F)F)n(Cc3c(C)cccc3C)c2c1. The van der Waals surface area contributed by atoms with Crippen molar-refractivity contribution in [3.05, 3.63) is 64.5 Å². The van der Waals surface area contributed by atoms with Gasteiger partial charge in [0.05, 0.1) is 30.3 Å². The average molecular weight is 362 g/mol. The average Bonchev–Trinajstić information content (AvgIpc) is 2.95. The second-order valence-electron chi connectivity index (χ2n) is 6.08. The van der Waals surface area contributed by atoms with E-state index >= 15 is 0 Å². The molecule has 0 amide bonds. The standard InChI is InChI=1S/C19H17F3N2O2/c1-11-5-4-6-12(2)14(11)10-24-16-9-13(17(25)26-3)7-8-15(16)23-18(24)19(20,21)22/h4-9H,10H2,1-3H3. The lowest BCUT2D eigenvalue weighted by atomic mass is 10.0. The molecular weight excluding hydrogens is 345 g/mol. The smallest absolute Gasteiger partial charge is 0.449 e. The highest BCUT2D eigenvalue weighted by Gasteiger charge is 2.37. The zero-order valence-electron chi connectivity index (χ0n) is 14.5. The summed E-state index contributed by atoms with van der Waals surface area (Å²) in [5, 5.41) is 0. The monoisotopic (exact) mass is 362 g/mol. The zero-order valence-corrected chi connectivity index (χ0v) is 14.5. The molecule has 0 radical (unpaired) electrons. The highest BCUT2D eigenvalue weighted by atomic mass is 19.4. The normalized spacial score (nSPS) is 11.8. The number of rotatable bonds is 3. The van der Waals surface area contributed by atoms with Crippen LogP contribution in [-0.4, -0.2) is 22.6 Å². The summed E-state index contributed by atoms with van der Waals surface area (Å²) in [6.07, 6.45) is -4.61. The summed E-state index contributed by atoms with van der Waals surface area (Å²) in [5.41, 5.74) is 3.17. The Balaban J connectivity index is 2.24. The predicted molar refractivity (Wildman–Crippen MR) is 91.1 cm³/mol. The molecule has 3 rings (SSSR count). The lowest BCUT2D eigenvalue weighted by Crippen LogP contribution is -2.16. The summed E-state index contributed by atoms with van der Waals surface area (Å²) in [4.78, 5) is 15.5. The van der Waals surface area contributed by atoms with E-state index < -0.39 is 18.0 Å². The van der Waals surface area contributed by atoms with Gasteiger partial charge < -0.3 is 9.30 Å². The number of halogens is 3. The van der Waals surface area contributed by atoms with Crippen molar-refractivity contribution in [1.82, 2.24) is 9.55 Å². The molecule has 0 fully saturated rings. The number of imidazole rings is 1. The van der Waals surface area contributed by atoms with E-state index in [1.54, 1.807) is 0 Å². The Morgan fingerprint density at radius 1 is 1.15 bits per heavy atom. The van der Waals surface area contributed by atoms with Gasteiger partial charge in [-0.05, 0) is 48.7 Å². The zero-order chi connectivity index (χ0) is 19.1. The lowest BCUT2D eigenvalue weighted by molar-refractivity contribution is -0.146. The number of alkyl halides is 3. The number of carbonyl (C=O) groups excluding carboxylic acids is 1. The van der Waals surface area contributed by atoms with Gasteiger partial charge in [0.1, 0.15) is 0 Å². The van der Waals surface area contributed by atoms with Crippen molar-refractivity contribution in [2.24, 2.45) is 0 Å². The summed E-state index contributed by atoms with van der Waals surface area (Å²) in [7, 11) is 1.22. The molecule has 7 heteroatoms. The number of aromatic nitrogens is 2. The van der Waals surface area contributed by atoms with Crippen molar-refractivity contribution in [3.8, 4) is 0 Å². The second-order valence-corrected chi connectivity index (χ2v) is 6.08. The van der Waals surface area contributed by atoms with Crippen molar-refractivity contribution >= 4 is 17.0 Å². The number of hydrogen-bond acceptors (Lipinski definition) is 3. The van der Waals surface area contributed by atoms with Crippen LogP contribution in [0.25, 0.3) is 11.0 Å². The lowest BCUT2D eigenvalue weighted by Gasteiger charge is -2.15. The first kappa shape index (κ1) is 18.0. The van der Waals surface area contributed by atoms with Gasteiger partial charge in [0.2, 0.25) is 5.82 Å². The Labute approximate surface area is 148 Å². The van der Waals surface area contributed by atoms with Crippen LogP contribution in [-0.2, 0) is 17.5 Å². The molecule has 0 aliphatic rings. The van der Waals surface area contributed by atoms with Crippen LogP contribution >= 0.6 is 0 Å². The number of ether oxygens (including phenoxy) is 1. The third-order valence-electron chi connectivity index (χ3n) is 4.38. The molecule has 0 aliphatic heterocycles. The fraction of sp³-hybridized carbons (Fsp3) is 0.263. The van der Waals surface area contributed by atoms with E-state index in [4.69, 9.17) is 0 Å². The van der Waals surface area contributed by atoms with Crippen LogP contribution in [0, 0.1) is 13.8 Å². The number of hydrogen-bond donors (Lipinski definition) is 0. The van der Waals surface area contributed by atoms with Crippen molar-refractivity contribution in [1.29, 1.82) is 0 Å². The van der Waals surface area contributed by atoms with Crippen molar-refractivity contribution in [2.75, 3.05) is 7.11 Å². The Morgan fingerprint density at radius 3 is 2.38 bits per heavy atom. The van der Waals surface area contributed by atoms with Crippen LogP contribution in [0.4, 0.5) is 13.2 Å². The summed E-state index contributed by atoms with van der Waals surface area (Å²) in [6, 6.07) is 9.77. The summed E-state index contributed by atoms with van der Waals surface area (Å²) >= 11 is 0. The number of esters is 1. The predicted octanol–water partition coefficient (Wildman–Crippen LogP) is 4.51.